The summed E-state index contributed by atoms with van der Waals surface area (Å²) in [6.07, 6.45) is 2.32. The van der Waals surface area contributed by atoms with Gasteiger partial charge in [0.2, 0.25) is 0 Å². The van der Waals surface area contributed by atoms with Crippen molar-refractivity contribution in [2.45, 2.75) is 59.6 Å². The Hall–Kier alpha value is -1.40. The number of likely N-dealkylation sites (tertiary alicyclic amines) is 1. The molecule has 1 aliphatic heterocycles. The molecule has 0 aromatic carbocycles. The molecule has 142 valence electrons. The molecule has 0 radical (unpaired) electrons. The first-order valence-electron chi connectivity index (χ1n) is 9.51. The van der Waals surface area contributed by atoms with Crippen LogP contribution in [0.3, 0.4) is 0 Å². The Kier molecular flexibility index (Phi) is 7.44. The molecule has 0 saturated carbocycles. The van der Waals surface area contributed by atoms with Gasteiger partial charge in [0.25, 0.3) is 5.91 Å². The number of aryl methyl sites for hydroxylation is 1. The highest BCUT2D eigenvalue weighted by Crippen LogP contribution is 2.25. The number of aliphatic hydroxyl groups excluding tert-OH is 1. The van der Waals surface area contributed by atoms with Gasteiger partial charge in [-0.3, -0.25) is 9.48 Å². The minimum atomic E-state index is -0.254. The summed E-state index contributed by atoms with van der Waals surface area (Å²) >= 11 is 0. The molecule has 1 aromatic heterocycles. The Bertz CT molecular complexity index is 548. The number of piperidine rings is 1. The Morgan fingerprint density at radius 1 is 1.40 bits per heavy atom. The van der Waals surface area contributed by atoms with Crippen LogP contribution in [0.5, 0.6) is 0 Å². The highest BCUT2D eigenvalue weighted by molar-refractivity contribution is 5.92. The molecule has 1 saturated heterocycles. The number of hydrogen-bond donors (Lipinski definition) is 1. The molecule has 1 N–H and O–H groups in total. The second-order valence-electron chi connectivity index (χ2n) is 7.42. The van der Waals surface area contributed by atoms with E-state index in [2.05, 4.69) is 18.9 Å². The van der Waals surface area contributed by atoms with E-state index in [9.17, 15) is 9.90 Å². The van der Waals surface area contributed by atoms with E-state index in [4.69, 9.17) is 4.74 Å². The average molecular weight is 351 g/mol. The van der Waals surface area contributed by atoms with Crippen molar-refractivity contribution < 1.29 is 14.6 Å². The lowest BCUT2D eigenvalue weighted by Crippen LogP contribution is -2.42. The first kappa shape index (κ1) is 19.9. The number of nitrogens with zero attached hydrogens (tertiary/aromatic N) is 3. The number of ether oxygens (including phenoxy) is 1. The minimum absolute atomic E-state index is 0.0360. The third-order valence-corrected chi connectivity index (χ3v) is 4.86. The van der Waals surface area contributed by atoms with Crippen LogP contribution in [0.25, 0.3) is 0 Å². The van der Waals surface area contributed by atoms with E-state index in [1.807, 2.05) is 24.8 Å². The smallest absolute Gasteiger partial charge is 0.272 e. The number of amides is 1. The topological polar surface area (TPSA) is 67.6 Å². The van der Waals surface area contributed by atoms with Gasteiger partial charge in [0.15, 0.2) is 0 Å². The fraction of sp³-hybridized carbons (Fsp3) is 0.789. The van der Waals surface area contributed by atoms with Crippen molar-refractivity contribution in [2.75, 3.05) is 26.3 Å². The van der Waals surface area contributed by atoms with E-state index in [0.29, 0.717) is 50.4 Å². The molecule has 25 heavy (non-hydrogen) atoms. The molecule has 0 unspecified atom stereocenters. The Morgan fingerprint density at radius 2 is 2.08 bits per heavy atom. The first-order chi connectivity index (χ1) is 11.9. The summed E-state index contributed by atoms with van der Waals surface area (Å²) in [6, 6.07) is 1.86. The zero-order valence-electron chi connectivity index (χ0n) is 16.1. The van der Waals surface area contributed by atoms with Gasteiger partial charge in [-0.15, -0.1) is 0 Å². The molecule has 2 heterocycles. The van der Waals surface area contributed by atoms with Crippen LogP contribution in [0.1, 0.15) is 56.2 Å². The van der Waals surface area contributed by atoms with Crippen molar-refractivity contribution in [2.24, 2.45) is 11.8 Å². The van der Waals surface area contributed by atoms with E-state index in [1.165, 1.54) is 0 Å². The summed E-state index contributed by atoms with van der Waals surface area (Å²) in [6.45, 7) is 11.3. The van der Waals surface area contributed by atoms with Crippen LogP contribution >= 0.6 is 0 Å². The van der Waals surface area contributed by atoms with Gasteiger partial charge < -0.3 is 14.7 Å². The van der Waals surface area contributed by atoms with Gasteiger partial charge in [-0.2, -0.15) is 5.10 Å². The molecular weight excluding hydrogens is 318 g/mol. The van der Waals surface area contributed by atoms with Crippen LogP contribution < -0.4 is 0 Å². The molecule has 1 aromatic rings. The Morgan fingerprint density at radius 3 is 2.68 bits per heavy atom. The quantitative estimate of drug-likeness (QED) is 0.731. The van der Waals surface area contributed by atoms with E-state index in [-0.39, 0.29) is 12.0 Å². The highest BCUT2D eigenvalue weighted by atomic mass is 16.5. The second kappa shape index (κ2) is 9.34. The summed E-state index contributed by atoms with van der Waals surface area (Å²) in [4.78, 5) is 14.8. The standard InChI is InChI=1S/C19H33N3O3/c1-5-25-11-10-22-17(13-15(4)20-22)19(24)21-8-6-16(7-9-21)18(23)12-14(2)3/h13-14,16,18,23H,5-12H2,1-4H3/t18-/m0/s1. The largest absolute Gasteiger partial charge is 0.393 e. The van der Waals surface area contributed by atoms with E-state index < -0.39 is 0 Å². The van der Waals surface area contributed by atoms with Crippen molar-refractivity contribution in [1.82, 2.24) is 14.7 Å². The zero-order chi connectivity index (χ0) is 18.4. The Labute approximate surface area is 151 Å². The maximum atomic E-state index is 12.9. The average Bonchev–Trinajstić information content (AvgIpc) is 2.94. The lowest BCUT2D eigenvalue weighted by Gasteiger charge is -2.34. The molecule has 2 rings (SSSR count). The summed E-state index contributed by atoms with van der Waals surface area (Å²) < 4.78 is 7.14. The maximum Gasteiger partial charge on any atom is 0.272 e. The zero-order valence-corrected chi connectivity index (χ0v) is 16.1. The molecule has 0 aliphatic carbocycles. The van der Waals surface area contributed by atoms with Crippen LogP contribution in [0.2, 0.25) is 0 Å². The monoisotopic (exact) mass is 351 g/mol. The van der Waals surface area contributed by atoms with Crippen LogP contribution in [0.15, 0.2) is 6.07 Å². The second-order valence-corrected chi connectivity index (χ2v) is 7.42. The SMILES string of the molecule is CCOCCn1nc(C)cc1C(=O)N1CCC([C@@H](O)CC(C)C)CC1. The van der Waals surface area contributed by atoms with Gasteiger partial charge in [-0.1, -0.05) is 13.8 Å². The highest BCUT2D eigenvalue weighted by Gasteiger charge is 2.29. The summed E-state index contributed by atoms with van der Waals surface area (Å²) in [5.74, 6) is 0.835. The van der Waals surface area contributed by atoms with Gasteiger partial charge in [-0.25, -0.2) is 0 Å². The molecular formula is C19H33N3O3. The molecule has 6 heteroatoms. The Balaban J connectivity index is 1.94. The summed E-state index contributed by atoms with van der Waals surface area (Å²) in [5.41, 5.74) is 1.49. The normalized spacial score (nSPS) is 17.3. The van der Waals surface area contributed by atoms with Crippen molar-refractivity contribution in [3.63, 3.8) is 0 Å². The molecule has 0 bridgehead atoms. The van der Waals surface area contributed by atoms with E-state index >= 15 is 0 Å². The van der Waals surface area contributed by atoms with Crippen LogP contribution in [-0.2, 0) is 11.3 Å². The molecule has 1 atom stereocenters. The van der Waals surface area contributed by atoms with Crippen LogP contribution in [0.4, 0.5) is 0 Å². The molecule has 1 amide bonds. The first-order valence-corrected chi connectivity index (χ1v) is 9.51. The third kappa shape index (κ3) is 5.54. The number of carbonyl (C=O) groups is 1. The van der Waals surface area contributed by atoms with Gasteiger partial charge in [0.05, 0.1) is 24.9 Å². The van der Waals surface area contributed by atoms with E-state index in [1.54, 1.807) is 4.68 Å². The van der Waals surface area contributed by atoms with Crippen molar-refractivity contribution in [3.8, 4) is 0 Å². The fourth-order valence-electron chi connectivity index (χ4n) is 3.51. The summed E-state index contributed by atoms with van der Waals surface area (Å²) in [5, 5.41) is 14.7. The minimum Gasteiger partial charge on any atom is -0.393 e. The van der Waals surface area contributed by atoms with Gasteiger partial charge in [0.1, 0.15) is 5.69 Å². The lowest BCUT2D eigenvalue weighted by molar-refractivity contribution is 0.0377. The number of carbonyl (C=O) groups excluding carboxylic acids is 1. The van der Waals surface area contributed by atoms with E-state index in [0.717, 1.165) is 25.0 Å². The van der Waals surface area contributed by atoms with Crippen molar-refractivity contribution >= 4 is 5.91 Å². The van der Waals surface area contributed by atoms with Crippen LogP contribution in [0, 0.1) is 18.8 Å². The third-order valence-electron chi connectivity index (χ3n) is 4.86. The lowest BCUT2D eigenvalue weighted by atomic mass is 9.87. The summed E-state index contributed by atoms with van der Waals surface area (Å²) in [7, 11) is 0. The predicted octanol–water partition coefficient (Wildman–Crippen LogP) is 2.49. The van der Waals surface area contributed by atoms with Crippen molar-refractivity contribution in [3.05, 3.63) is 17.5 Å². The fourth-order valence-corrected chi connectivity index (χ4v) is 3.51. The number of aromatic nitrogens is 2. The van der Waals surface area contributed by atoms with Crippen LogP contribution in [-0.4, -0.2) is 58.1 Å². The molecule has 1 fully saturated rings. The number of aliphatic hydroxyl groups is 1. The van der Waals surface area contributed by atoms with Gasteiger partial charge in [0, 0.05) is 19.7 Å². The van der Waals surface area contributed by atoms with Gasteiger partial charge >= 0.3 is 0 Å². The molecule has 1 aliphatic rings. The predicted molar refractivity (Wildman–Crippen MR) is 97.5 cm³/mol. The molecule has 0 spiro atoms. The number of hydrogen-bond acceptors (Lipinski definition) is 4. The number of rotatable bonds is 8. The van der Waals surface area contributed by atoms with Gasteiger partial charge in [-0.05, 0) is 51.0 Å². The molecule has 6 nitrogen and oxygen atoms in total. The van der Waals surface area contributed by atoms with Crippen molar-refractivity contribution in [1.29, 1.82) is 0 Å². The maximum absolute atomic E-state index is 12.9.